The Kier molecular flexibility index (Phi) is 16.1. The molecule has 1 aliphatic heterocycles. The number of carbonyl (C=O) groups is 2. The predicted octanol–water partition coefficient (Wildman–Crippen LogP) is 5.73. The average molecular weight is 633 g/mol. The molecular formula is C36H56N8O2. The lowest BCUT2D eigenvalue weighted by molar-refractivity contribution is -0.117. The van der Waals surface area contributed by atoms with E-state index in [0.717, 1.165) is 38.9 Å². The van der Waals surface area contributed by atoms with Crippen LogP contribution in [0.2, 0.25) is 0 Å². The number of amides is 2. The Labute approximate surface area is 276 Å². The number of rotatable bonds is 22. The molecule has 1 atom stereocenters. The second-order valence-electron chi connectivity index (χ2n) is 12.4. The lowest BCUT2D eigenvalue weighted by Gasteiger charge is -2.25. The number of hydrogen-bond donors (Lipinski definition) is 4. The van der Waals surface area contributed by atoms with E-state index >= 15 is 0 Å². The Morgan fingerprint density at radius 3 is 2.11 bits per heavy atom. The van der Waals surface area contributed by atoms with E-state index in [9.17, 15) is 9.59 Å². The first-order chi connectivity index (χ1) is 22.3. The minimum Gasteiger partial charge on any atom is -0.353 e. The summed E-state index contributed by atoms with van der Waals surface area (Å²) in [5.74, 6) is 0.0516. The van der Waals surface area contributed by atoms with Crippen molar-refractivity contribution in [1.82, 2.24) is 19.6 Å². The molecule has 1 aliphatic rings. The number of nitrogens with one attached hydrogen (secondary N) is 4. The fourth-order valence-electron chi connectivity index (χ4n) is 5.80. The van der Waals surface area contributed by atoms with E-state index in [1.807, 2.05) is 23.1 Å². The van der Waals surface area contributed by atoms with Gasteiger partial charge in [-0.25, -0.2) is 0 Å². The van der Waals surface area contributed by atoms with E-state index < -0.39 is 0 Å². The molecule has 1 heterocycles. The molecule has 10 heteroatoms. The molecule has 0 radical (unpaired) electrons. The summed E-state index contributed by atoms with van der Waals surface area (Å²) < 4.78 is 0. The molecule has 0 bridgehead atoms. The van der Waals surface area contributed by atoms with Gasteiger partial charge in [0.15, 0.2) is 5.96 Å². The molecule has 2 amide bonds. The molecule has 1 unspecified atom stereocenters. The van der Waals surface area contributed by atoms with E-state index in [1.54, 1.807) is 29.2 Å². The third kappa shape index (κ3) is 12.8. The number of nitrogens with zero attached hydrogens (tertiary/aromatic N) is 4. The average Bonchev–Trinajstić information content (AvgIpc) is 3.33. The van der Waals surface area contributed by atoms with Gasteiger partial charge >= 0.3 is 0 Å². The highest BCUT2D eigenvalue weighted by Crippen LogP contribution is 2.21. The van der Waals surface area contributed by atoms with Crippen molar-refractivity contribution < 1.29 is 9.59 Å². The second kappa shape index (κ2) is 20.3. The van der Waals surface area contributed by atoms with Crippen molar-refractivity contribution in [2.75, 3.05) is 63.5 Å². The van der Waals surface area contributed by atoms with Gasteiger partial charge in [0.1, 0.15) is 6.54 Å². The highest BCUT2D eigenvalue weighted by atomic mass is 16.2. The Balaban J connectivity index is 1.46. The molecule has 252 valence electrons. The van der Waals surface area contributed by atoms with Crippen molar-refractivity contribution in [3.63, 3.8) is 0 Å². The number of anilines is 2. The number of unbranched alkanes of at least 4 members (excludes halogenated alkanes) is 6. The Hall–Kier alpha value is -3.92. The predicted molar refractivity (Wildman–Crippen MR) is 190 cm³/mol. The molecule has 0 saturated carbocycles. The molecule has 0 aromatic heterocycles. The molecule has 2 aromatic carbocycles. The van der Waals surface area contributed by atoms with Crippen LogP contribution in [0.5, 0.6) is 0 Å². The largest absolute Gasteiger partial charge is 0.353 e. The minimum atomic E-state index is -0.192. The van der Waals surface area contributed by atoms with E-state index in [1.165, 1.54) is 50.4 Å². The SMILES string of the molecule is CCCCCCN(C)CCN(C=N)CC(=O)Nc1ccc(NC(=O)CN2CC(Cc3ccccc3)N(CCCCCC)C2=N)cc1. The molecule has 1 saturated heterocycles. The van der Waals surface area contributed by atoms with Gasteiger partial charge in [-0.1, -0.05) is 82.7 Å². The van der Waals surface area contributed by atoms with Crippen LogP contribution in [0.4, 0.5) is 11.4 Å². The van der Waals surface area contributed by atoms with E-state index in [0.29, 0.717) is 30.4 Å². The summed E-state index contributed by atoms with van der Waals surface area (Å²) >= 11 is 0. The summed E-state index contributed by atoms with van der Waals surface area (Å²) in [6, 6.07) is 17.6. The normalized spacial score (nSPS) is 14.5. The third-order valence-corrected chi connectivity index (χ3v) is 8.49. The van der Waals surface area contributed by atoms with Crippen molar-refractivity contribution in [1.29, 1.82) is 10.8 Å². The zero-order chi connectivity index (χ0) is 33.1. The zero-order valence-corrected chi connectivity index (χ0v) is 28.3. The van der Waals surface area contributed by atoms with Gasteiger partial charge in [-0.15, -0.1) is 0 Å². The molecule has 4 N–H and O–H groups in total. The number of guanidine groups is 1. The van der Waals surface area contributed by atoms with Crippen molar-refractivity contribution in [3.05, 3.63) is 60.2 Å². The van der Waals surface area contributed by atoms with Crippen molar-refractivity contribution in [3.8, 4) is 0 Å². The number of benzene rings is 2. The molecule has 46 heavy (non-hydrogen) atoms. The van der Waals surface area contributed by atoms with Crippen LogP contribution >= 0.6 is 0 Å². The zero-order valence-electron chi connectivity index (χ0n) is 28.3. The first-order valence-corrected chi connectivity index (χ1v) is 17.1. The van der Waals surface area contributed by atoms with Crippen LogP contribution in [0, 0.1) is 10.8 Å². The van der Waals surface area contributed by atoms with Gasteiger partial charge in [-0.05, 0) is 62.7 Å². The summed E-state index contributed by atoms with van der Waals surface area (Å²) in [6.45, 7) is 8.53. The summed E-state index contributed by atoms with van der Waals surface area (Å²) in [7, 11) is 2.08. The molecule has 0 spiro atoms. The summed E-state index contributed by atoms with van der Waals surface area (Å²) in [5, 5.41) is 22.4. The van der Waals surface area contributed by atoms with Crippen LogP contribution in [-0.4, -0.2) is 103 Å². The van der Waals surface area contributed by atoms with Crippen LogP contribution in [0.1, 0.15) is 70.8 Å². The number of carbonyl (C=O) groups excluding carboxylic acids is 2. The quantitative estimate of drug-likeness (QED) is 0.0748. The lowest BCUT2D eigenvalue weighted by atomic mass is 10.1. The molecule has 1 fully saturated rings. The Bertz CT molecular complexity index is 1210. The fourth-order valence-corrected chi connectivity index (χ4v) is 5.80. The number of likely N-dealkylation sites (N-methyl/N-ethyl adjacent to an activating group) is 1. The van der Waals surface area contributed by atoms with Crippen molar-refractivity contribution in [2.24, 2.45) is 0 Å². The molecule has 3 rings (SSSR count). The van der Waals surface area contributed by atoms with E-state index in [4.69, 9.17) is 10.8 Å². The first kappa shape index (κ1) is 36.5. The summed E-state index contributed by atoms with van der Waals surface area (Å²) in [5.41, 5.74) is 2.50. The maximum atomic E-state index is 13.0. The standard InChI is InChI=1S/C36H56N8O2/c1-4-6-8-13-21-41(3)23-24-42(29-37)27-34(45)39-31-17-19-32(20-18-31)40-35(46)28-43-26-33(25-30-15-11-10-12-16-30)44(36(43)38)22-14-9-7-5-2/h10-12,15-20,29,33,37-38H,4-9,13-14,21-28H2,1-3H3,(H,39,45)(H,40,46). The van der Waals surface area contributed by atoms with Gasteiger partial charge in [0.25, 0.3) is 0 Å². The van der Waals surface area contributed by atoms with E-state index in [-0.39, 0.29) is 30.9 Å². The van der Waals surface area contributed by atoms with Gasteiger partial charge in [0.2, 0.25) is 11.8 Å². The van der Waals surface area contributed by atoms with Gasteiger partial charge in [-0.3, -0.25) is 20.4 Å². The van der Waals surface area contributed by atoms with Gasteiger partial charge < -0.3 is 30.2 Å². The van der Waals surface area contributed by atoms with Gasteiger partial charge in [0, 0.05) is 37.6 Å². The maximum absolute atomic E-state index is 13.0. The molecular weight excluding hydrogens is 576 g/mol. The Morgan fingerprint density at radius 2 is 1.48 bits per heavy atom. The van der Waals surface area contributed by atoms with Gasteiger partial charge in [-0.2, -0.15) is 0 Å². The van der Waals surface area contributed by atoms with Crippen LogP contribution in [0.3, 0.4) is 0 Å². The molecule has 2 aromatic rings. The van der Waals surface area contributed by atoms with Crippen molar-refractivity contribution in [2.45, 2.75) is 77.7 Å². The summed E-state index contributed by atoms with van der Waals surface area (Å²) in [6.07, 6.45) is 11.5. The first-order valence-electron chi connectivity index (χ1n) is 17.1. The summed E-state index contributed by atoms with van der Waals surface area (Å²) in [4.78, 5) is 33.7. The Morgan fingerprint density at radius 1 is 0.848 bits per heavy atom. The topological polar surface area (TPSA) is 119 Å². The maximum Gasteiger partial charge on any atom is 0.244 e. The third-order valence-electron chi connectivity index (χ3n) is 8.49. The van der Waals surface area contributed by atoms with Crippen LogP contribution in [0.25, 0.3) is 0 Å². The van der Waals surface area contributed by atoms with E-state index in [2.05, 4.69) is 53.5 Å². The fraction of sp³-hybridized carbons (Fsp3) is 0.556. The molecule has 0 aliphatic carbocycles. The highest BCUT2D eigenvalue weighted by Gasteiger charge is 2.34. The second-order valence-corrected chi connectivity index (χ2v) is 12.4. The van der Waals surface area contributed by atoms with Crippen LogP contribution < -0.4 is 10.6 Å². The van der Waals surface area contributed by atoms with Crippen LogP contribution in [-0.2, 0) is 16.0 Å². The lowest BCUT2D eigenvalue weighted by Crippen LogP contribution is -2.39. The van der Waals surface area contributed by atoms with Crippen LogP contribution in [0.15, 0.2) is 54.6 Å². The monoisotopic (exact) mass is 632 g/mol. The number of hydrogen-bond acceptors (Lipinski definition) is 5. The highest BCUT2D eigenvalue weighted by molar-refractivity contribution is 5.96. The minimum absolute atomic E-state index is 0.105. The van der Waals surface area contributed by atoms with Crippen molar-refractivity contribution >= 4 is 35.5 Å². The van der Waals surface area contributed by atoms with Gasteiger partial charge in [0.05, 0.1) is 18.9 Å². The molecule has 10 nitrogen and oxygen atoms in total. The smallest absolute Gasteiger partial charge is 0.244 e.